The van der Waals surface area contributed by atoms with E-state index in [4.69, 9.17) is 0 Å². The Bertz CT molecular complexity index is 161. The van der Waals surface area contributed by atoms with E-state index < -0.39 is 0 Å². The molecule has 0 heterocycles. The molecule has 0 radical (unpaired) electrons. The molecule has 0 amide bonds. The average Bonchev–Trinajstić information content (AvgIpc) is 2.54. The Balaban J connectivity index is 0. The molecule has 0 aliphatic carbocycles. The first kappa shape index (κ1) is 25.8. The van der Waals surface area contributed by atoms with Gasteiger partial charge in [-0.1, -0.05) is 105 Å². The maximum Gasteiger partial charge on any atom is 0.368 e. The minimum absolute atomic E-state index is 0.325. The fourth-order valence-electron chi connectivity index (χ4n) is 2.68. The highest BCUT2D eigenvalue weighted by Crippen LogP contribution is 2.09. The molecule has 0 rings (SSSR count). The van der Waals surface area contributed by atoms with Gasteiger partial charge in [0.15, 0.2) is 0 Å². The van der Waals surface area contributed by atoms with Crippen LogP contribution in [0.15, 0.2) is 0 Å². The third-order valence-corrected chi connectivity index (χ3v) is 9.18. The lowest BCUT2D eigenvalue weighted by Gasteiger charge is -2.02. The minimum atomic E-state index is 0.325. The third-order valence-electron chi connectivity index (χ3n) is 4.70. The molecule has 0 aromatic rings. The molecule has 0 fully saturated rings. The summed E-state index contributed by atoms with van der Waals surface area (Å²) in [6, 6.07) is 0. The molecular formula is C20H44Mg2. The summed E-state index contributed by atoms with van der Waals surface area (Å²) < 4.78 is 5.90. The predicted octanol–water partition coefficient (Wildman–Crippen LogP) is 7.82. The molecule has 0 aliphatic heterocycles. The van der Waals surface area contributed by atoms with Crippen molar-refractivity contribution in [3.8, 4) is 0 Å². The first-order chi connectivity index (χ1) is 10.7. The van der Waals surface area contributed by atoms with Crippen LogP contribution in [0.3, 0.4) is 0 Å². The zero-order chi connectivity index (χ0) is 16.9. The van der Waals surface area contributed by atoms with Gasteiger partial charge in [0.2, 0.25) is 0 Å². The molecule has 1 unspecified atom stereocenters. The molecule has 128 valence electrons. The van der Waals surface area contributed by atoms with Gasteiger partial charge in [-0.3, -0.25) is 0 Å². The molecule has 0 nitrogen and oxygen atoms in total. The Kier molecular flexibility index (Phi) is 29.0. The van der Waals surface area contributed by atoms with E-state index in [1.54, 1.807) is 13.7 Å². The van der Waals surface area contributed by atoms with Crippen molar-refractivity contribution in [1.82, 2.24) is 0 Å². The van der Waals surface area contributed by atoms with Crippen LogP contribution in [-0.4, -0.2) is 40.7 Å². The SMILES string of the molecule is CCCCC[CH2][Mg][CH2]CCCCC.CCC[CH2][Mg][CH](C)CC. The van der Waals surface area contributed by atoms with Crippen LogP contribution in [0.1, 0.15) is 105 Å². The highest BCUT2D eigenvalue weighted by Gasteiger charge is 2.01. The van der Waals surface area contributed by atoms with E-state index >= 15 is 0 Å². The van der Waals surface area contributed by atoms with Crippen LogP contribution in [0.4, 0.5) is 0 Å². The van der Waals surface area contributed by atoms with Crippen molar-refractivity contribution in [2.45, 2.75) is 123 Å². The molecule has 0 saturated carbocycles. The van der Waals surface area contributed by atoms with Crippen molar-refractivity contribution >= 4 is 40.7 Å². The van der Waals surface area contributed by atoms with E-state index in [0.717, 1.165) is 4.05 Å². The summed E-state index contributed by atoms with van der Waals surface area (Å²) in [5.74, 6) is 0. The van der Waals surface area contributed by atoms with Gasteiger partial charge in [0, 0.05) is 0 Å². The Labute approximate surface area is 162 Å². The first-order valence-corrected chi connectivity index (χ1v) is 14.5. The molecule has 0 spiro atoms. The van der Waals surface area contributed by atoms with Crippen LogP contribution in [-0.2, 0) is 0 Å². The molecule has 1 atom stereocenters. The van der Waals surface area contributed by atoms with Crippen LogP contribution in [0.5, 0.6) is 0 Å². The largest absolute Gasteiger partial charge is 0.368 e. The second-order valence-electron chi connectivity index (χ2n) is 7.19. The van der Waals surface area contributed by atoms with Gasteiger partial charge in [0.1, 0.15) is 0 Å². The van der Waals surface area contributed by atoms with E-state index in [9.17, 15) is 0 Å². The average molecular weight is 333 g/mol. The van der Waals surface area contributed by atoms with E-state index in [1.165, 1.54) is 70.6 Å². The lowest BCUT2D eigenvalue weighted by Crippen LogP contribution is -1.96. The quantitative estimate of drug-likeness (QED) is 0.212. The van der Waals surface area contributed by atoms with Crippen LogP contribution < -0.4 is 0 Å². The highest BCUT2D eigenvalue weighted by atomic mass is 24.5. The summed E-state index contributed by atoms with van der Waals surface area (Å²) in [4.78, 5) is 0. The standard InChI is InChI=1S/2C6H13.2C4H9.2Mg/c2*1-3-5-6-4-2;2*1-3-4-2;;/h2*1,3-6H2,2H3;3H,4H2,1-2H3;1,3-4H2,2H3;;. The van der Waals surface area contributed by atoms with Crippen molar-refractivity contribution in [2.75, 3.05) is 0 Å². The van der Waals surface area contributed by atoms with E-state index in [0.29, 0.717) is 40.7 Å². The smallest absolute Gasteiger partial charge is 0.146 e. The second kappa shape index (κ2) is 24.8. The van der Waals surface area contributed by atoms with Gasteiger partial charge < -0.3 is 0 Å². The first-order valence-electron chi connectivity index (χ1n) is 10.7. The molecule has 0 saturated heterocycles. The Hall–Kier alpha value is 1.53. The van der Waals surface area contributed by atoms with Crippen molar-refractivity contribution in [1.29, 1.82) is 0 Å². The van der Waals surface area contributed by atoms with Crippen LogP contribution >= 0.6 is 0 Å². The van der Waals surface area contributed by atoms with Crippen LogP contribution in [0, 0.1) is 0 Å². The number of hydrogen-bond acceptors (Lipinski definition) is 0. The summed E-state index contributed by atoms with van der Waals surface area (Å²) in [6.07, 6.45) is 16.1. The van der Waals surface area contributed by atoms with Crippen LogP contribution in [0.2, 0.25) is 17.7 Å². The van der Waals surface area contributed by atoms with Crippen molar-refractivity contribution in [2.24, 2.45) is 0 Å². The summed E-state index contributed by atoms with van der Waals surface area (Å²) in [7, 11) is 0. The summed E-state index contributed by atoms with van der Waals surface area (Å²) in [6.45, 7) is 11.6. The maximum absolute atomic E-state index is 2.40. The number of unbranched alkanes of at least 4 members (excludes halogenated alkanes) is 7. The number of rotatable bonds is 15. The van der Waals surface area contributed by atoms with Gasteiger partial charge in [0.25, 0.3) is 0 Å². The highest BCUT2D eigenvalue weighted by molar-refractivity contribution is 6.37. The molecule has 0 N–H and O–H groups in total. The predicted molar refractivity (Wildman–Crippen MR) is 109 cm³/mol. The Morgan fingerprint density at radius 2 is 1.09 bits per heavy atom. The summed E-state index contributed by atoms with van der Waals surface area (Å²) in [5.41, 5.74) is 0. The van der Waals surface area contributed by atoms with E-state index in [1.807, 2.05) is 0 Å². The van der Waals surface area contributed by atoms with Gasteiger partial charge >= 0.3 is 40.7 Å². The molecule has 0 aliphatic rings. The summed E-state index contributed by atoms with van der Waals surface area (Å²) in [5, 5.41) is 0. The van der Waals surface area contributed by atoms with Gasteiger partial charge in [-0.05, 0) is 0 Å². The zero-order valence-electron chi connectivity index (χ0n) is 16.9. The molecule has 0 aromatic heterocycles. The molecular weight excluding hydrogens is 289 g/mol. The van der Waals surface area contributed by atoms with Crippen molar-refractivity contribution < 1.29 is 0 Å². The van der Waals surface area contributed by atoms with Crippen molar-refractivity contribution in [3.05, 3.63) is 0 Å². The fourth-order valence-corrected chi connectivity index (χ4v) is 6.35. The summed E-state index contributed by atoms with van der Waals surface area (Å²) >= 11 is 0.680. The topological polar surface area (TPSA) is 0 Å². The van der Waals surface area contributed by atoms with Gasteiger partial charge in [-0.25, -0.2) is 0 Å². The molecule has 22 heavy (non-hydrogen) atoms. The maximum atomic E-state index is 2.40. The molecule has 0 bridgehead atoms. The normalized spacial score (nSPS) is 11.1. The Morgan fingerprint density at radius 3 is 1.50 bits per heavy atom. The lowest BCUT2D eigenvalue weighted by molar-refractivity contribution is 0.689. The lowest BCUT2D eigenvalue weighted by atomic mass is 10.2. The molecule has 2 heteroatoms. The van der Waals surface area contributed by atoms with Gasteiger partial charge in [-0.2, -0.15) is 0 Å². The van der Waals surface area contributed by atoms with Gasteiger partial charge in [0.05, 0.1) is 0 Å². The molecule has 0 aromatic carbocycles. The van der Waals surface area contributed by atoms with E-state index in [2.05, 4.69) is 34.6 Å². The van der Waals surface area contributed by atoms with Gasteiger partial charge in [-0.15, -0.1) is 17.7 Å². The monoisotopic (exact) mass is 332 g/mol. The van der Waals surface area contributed by atoms with E-state index in [-0.39, 0.29) is 0 Å². The van der Waals surface area contributed by atoms with Crippen LogP contribution in [0.25, 0.3) is 0 Å². The minimum Gasteiger partial charge on any atom is -0.146 e. The number of hydrogen-bond donors (Lipinski definition) is 0. The fraction of sp³-hybridized carbons (Fsp3) is 1.00. The van der Waals surface area contributed by atoms with Crippen molar-refractivity contribution in [3.63, 3.8) is 0 Å². The Morgan fingerprint density at radius 1 is 0.591 bits per heavy atom. The second-order valence-corrected chi connectivity index (χ2v) is 12.0. The third kappa shape index (κ3) is 26.4. The zero-order valence-corrected chi connectivity index (χ0v) is 19.7.